The Kier molecular flexibility index (Phi) is 16.7. The Labute approximate surface area is 480 Å². The molecule has 0 fully saturated rings. The van der Waals surface area contributed by atoms with Gasteiger partial charge in [0.25, 0.3) is 0 Å². The number of hydrogen-bond donors (Lipinski definition) is 0. The van der Waals surface area contributed by atoms with Crippen LogP contribution in [0, 0.1) is 0 Å². The van der Waals surface area contributed by atoms with Crippen LogP contribution in [0.2, 0.25) is 0 Å². The van der Waals surface area contributed by atoms with Crippen LogP contribution in [0.3, 0.4) is 0 Å². The normalized spacial score (nSPS) is 13.9. The maximum atomic E-state index is 15.1. The van der Waals surface area contributed by atoms with Crippen molar-refractivity contribution < 1.29 is 92.6 Å². The number of rotatable bonds is 16. The van der Waals surface area contributed by atoms with Crippen molar-refractivity contribution >= 4 is 52.8 Å². The molecule has 0 bridgehead atoms. The second-order valence-corrected chi connectivity index (χ2v) is 28.9. The first-order valence-electron chi connectivity index (χ1n) is 25.5. The number of halogens is 18. The van der Waals surface area contributed by atoms with E-state index in [9.17, 15) is 0 Å². The molecule has 0 saturated carbocycles. The third-order valence-corrected chi connectivity index (χ3v) is 26.1. The topological polar surface area (TPSA) is 27.7 Å². The Morgan fingerprint density at radius 3 is 0.628 bits per heavy atom. The van der Waals surface area contributed by atoms with Gasteiger partial charge in [-0.3, -0.25) is 0 Å². The number of alkyl halides is 18. The quantitative estimate of drug-likeness (QED) is 0.0548. The summed E-state index contributed by atoms with van der Waals surface area (Å²) in [6, 6.07) is 43.0. The van der Waals surface area contributed by atoms with Gasteiger partial charge >= 0.3 is 482 Å². The number of hydrogen-bond acceptors (Lipinski definition) is 3. The van der Waals surface area contributed by atoms with Crippen molar-refractivity contribution in [2.24, 2.45) is 0 Å². The molecule has 0 atom stereocenters. The van der Waals surface area contributed by atoms with Crippen molar-refractivity contribution in [3.8, 4) is 5.75 Å². The van der Waals surface area contributed by atoms with E-state index in [0.717, 1.165) is 0 Å². The first-order chi connectivity index (χ1) is 40.2. The zero-order valence-electron chi connectivity index (χ0n) is 43.9. The van der Waals surface area contributed by atoms with E-state index in [1.165, 1.54) is 182 Å². The van der Waals surface area contributed by atoms with Crippen molar-refractivity contribution in [1.29, 1.82) is 0 Å². The molecule has 0 aliphatic heterocycles. The minimum atomic E-state index is -6.07. The summed E-state index contributed by atoms with van der Waals surface area (Å²) in [7, 11) is -3.02. The number of benzene rings is 9. The van der Waals surface area contributed by atoms with Crippen molar-refractivity contribution in [2.75, 3.05) is 0 Å². The summed E-state index contributed by atoms with van der Waals surface area (Å²) in [4.78, 5) is 0. The average Bonchev–Trinajstić information content (AvgIpc) is 0.692. The summed E-state index contributed by atoms with van der Waals surface area (Å²) in [6.45, 7) is -12.1. The summed E-state index contributed by atoms with van der Waals surface area (Å²) >= 11 is 0. The minimum absolute atomic E-state index is 0.105. The van der Waals surface area contributed by atoms with Gasteiger partial charge in [-0.25, -0.2) is 0 Å². The monoisotopic (exact) mass is 1250 g/mol. The van der Waals surface area contributed by atoms with Crippen LogP contribution in [0.1, 0.15) is 44.5 Å². The Morgan fingerprint density at radius 1 is 0.256 bits per heavy atom. The van der Waals surface area contributed by atoms with E-state index in [-0.39, 0.29) is 62.2 Å². The van der Waals surface area contributed by atoms with Gasteiger partial charge in [-0.2, -0.15) is 0 Å². The average molecular weight is 1250 g/mol. The van der Waals surface area contributed by atoms with E-state index in [0.29, 0.717) is 24.3 Å². The molecule has 448 valence electrons. The first-order valence-corrected chi connectivity index (χ1v) is 30.2. The van der Waals surface area contributed by atoms with Crippen molar-refractivity contribution in [3.63, 3.8) is 0 Å². The van der Waals surface area contributed by atoms with Crippen LogP contribution in [0.25, 0.3) is 0 Å². The van der Waals surface area contributed by atoms with E-state index in [1.54, 1.807) is 0 Å². The Balaban J connectivity index is 1.53. The van der Waals surface area contributed by atoms with Gasteiger partial charge in [-0.15, -0.1) is 0 Å². The van der Waals surface area contributed by atoms with Crippen LogP contribution in [0.15, 0.2) is 237 Å². The van der Waals surface area contributed by atoms with E-state index in [4.69, 9.17) is 13.5 Å². The van der Waals surface area contributed by atoms with Crippen molar-refractivity contribution in [1.82, 2.24) is 0 Å². The molecule has 24 heteroatoms. The molecule has 0 spiro atoms. The zero-order valence-corrected chi connectivity index (χ0v) is 45.7. The maximum absolute atomic E-state index is 15.1. The molecule has 0 N–H and O–H groups in total. The second-order valence-electron chi connectivity index (χ2n) is 19.9. The SMILES string of the molecule is FC(F)(F)c1cc(CP(OB(Oc2cc(C(F)(F)F)cc(C(F)(F)F)c2)OP(Cc2cc(C(F)(F)F)cc(C(F)(F)F)c2)(c2ccccc2)(c2ccccc2)c2ccccc2)(c2ccccc2)(c2ccccc2)c2ccccc2)cc(C(F)(F)F)c1. The standard InChI is InChI=1S/C62H43BF18O3P2/c64-57(65,66)44-31-42(32-45(35-44)58(67,68)69)40-85(51-19-7-1-8-20-51,52-21-9-2-10-22-52,53-23-11-3-12-24-53)83-63(82-50-38-48(61(76,77)78)37-49(39-50)62(79,80)81)84-86(54-25-13-4-14-26-54,55-27-15-5-16-28-55,56-29-17-6-18-30-56)41-43-33-46(59(70,71)72)36-47(34-43)60(73,74)75/h1-39H,40-41H2. The molecule has 0 saturated heterocycles. The van der Waals surface area contributed by atoms with Crippen LogP contribution in [-0.2, 0) is 58.3 Å². The van der Waals surface area contributed by atoms with Crippen LogP contribution < -0.4 is 36.5 Å². The molecule has 0 amide bonds. The summed E-state index contributed by atoms with van der Waals surface area (Å²) in [5.41, 5.74) is -12.8. The molecule has 86 heavy (non-hydrogen) atoms. The van der Waals surface area contributed by atoms with E-state index in [1.807, 2.05) is 0 Å². The summed E-state index contributed by atoms with van der Waals surface area (Å²) in [6.07, 6.45) is -35.4. The first kappa shape index (κ1) is 62.9. The fourth-order valence-electron chi connectivity index (χ4n) is 10.8. The van der Waals surface area contributed by atoms with Gasteiger partial charge in [0.2, 0.25) is 0 Å². The van der Waals surface area contributed by atoms with Crippen LogP contribution in [0.5, 0.6) is 5.75 Å². The molecule has 9 aromatic carbocycles. The van der Waals surface area contributed by atoms with Gasteiger partial charge in [0.15, 0.2) is 0 Å². The predicted octanol–water partition coefficient (Wildman–Crippen LogP) is 17.5. The van der Waals surface area contributed by atoms with E-state index < -0.39 is 121 Å². The van der Waals surface area contributed by atoms with Gasteiger partial charge in [0.05, 0.1) is 0 Å². The Bertz CT molecular complexity index is 3300. The third kappa shape index (κ3) is 12.2. The molecule has 0 unspecified atom stereocenters. The fraction of sp³-hybridized carbons (Fsp3) is 0.129. The van der Waals surface area contributed by atoms with Gasteiger partial charge in [0, 0.05) is 0 Å². The molecule has 9 rings (SSSR count). The molecule has 0 aliphatic carbocycles. The molecule has 3 nitrogen and oxygen atoms in total. The zero-order chi connectivity index (χ0) is 62.2. The predicted molar refractivity (Wildman–Crippen MR) is 296 cm³/mol. The third-order valence-electron chi connectivity index (χ3n) is 14.5. The van der Waals surface area contributed by atoms with Gasteiger partial charge in [-0.1, -0.05) is 0 Å². The molecule has 0 aliphatic rings. The Hall–Kier alpha value is -7.64. The fourth-order valence-corrected chi connectivity index (χ4v) is 22.1. The molecular formula is C62H43BF18O3P2. The summed E-state index contributed by atoms with van der Waals surface area (Å²) in [5, 5.41) is -0.632. The molecular weight excluding hydrogens is 1210 g/mol. The summed E-state index contributed by atoms with van der Waals surface area (Å²) < 4.78 is 293. The van der Waals surface area contributed by atoms with Crippen LogP contribution >= 0.6 is 13.7 Å². The second kappa shape index (κ2) is 22.9. The van der Waals surface area contributed by atoms with Crippen LogP contribution in [-0.4, -0.2) is 7.32 Å². The van der Waals surface area contributed by atoms with Gasteiger partial charge < -0.3 is 0 Å². The van der Waals surface area contributed by atoms with E-state index in [2.05, 4.69) is 0 Å². The van der Waals surface area contributed by atoms with Gasteiger partial charge in [0.1, 0.15) is 0 Å². The Morgan fingerprint density at radius 2 is 0.442 bits per heavy atom. The molecule has 0 heterocycles. The van der Waals surface area contributed by atoms with Gasteiger partial charge in [-0.05, 0) is 0 Å². The van der Waals surface area contributed by atoms with Crippen LogP contribution in [0.4, 0.5) is 79.0 Å². The van der Waals surface area contributed by atoms with E-state index >= 15 is 79.0 Å². The molecule has 0 aromatic heterocycles. The van der Waals surface area contributed by atoms with Crippen molar-refractivity contribution in [3.05, 3.63) is 281 Å². The summed E-state index contributed by atoms with van der Waals surface area (Å²) in [5.74, 6) is -1.36. The molecule has 0 radical (unpaired) electrons. The molecule has 9 aromatic rings. The van der Waals surface area contributed by atoms with Crippen molar-refractivity contribution in [2.45, 2.75) is 49.4 Å².